The van der Waals surface area contributed by atoms with Crippen molar-refractivity contribution in [2.24, 2.45) is 5.73 Å². The van der Waals surface area contributed by atoms with Gasteiger partial charge in [0.1, 0.15) is 17.3 Å². The van der Waals surface area contributed by atoms with E-state index in [-0.39, 0.29) is 5.82 Å². The predicted molar refractivity (Wildman–Crippen MR) is 75.1 cm³/mol. The van der Waals surface area contributed by atoms with E-state index in [2.05, 4.69) is 0 Å². The fourth-order valence-corrected chi connectivity index (χ4v) is 1.88. The van der Waals surface area contributed by atoms with Crippen LogP contribution in [0.15, 0.2) is 36.4 Å². The SMILES string of the molecule is Cc1ccc(F)cc1Oc1cc(CCN)ccc1C. The highest BCUT2D eigenvalue weighted by atomic mass is 19.1. The average molecular weight is 259 g/mol. The molecule has 3 heteroatoms. The highest BCUT2D eigenvalue weighted by Gasteiger charge is 2.06. The molecule has 2 rings (SSSR count). The van der Waals surface area contributed by atoms with E-state index in [0.29, 0.717) is 12.3 Å². The third-order valence-corrected chi connectivity index (χ3v) is 3.06. The standard InChI is InChI=1S/C16H18FNO/c1-11-3-5-13(7-8-18)9-15(11)19-16-10-14(17)6-4-12(16)2/h3-6,9-10H,7-8,18H2,1-2H3. The Balaban J connectivity index is 2.31. The summed E-state index contributed by atoms with van der Waals surface area (Å²) in [5.41, 5.74) is 8.60. The van der Waals surface area contributed by atoms with E-state index in [4.69, 9.17) is 10.5 Å². The third kappa shape index (κ3) is 3.32. The quantitative estimate of drug-likeness (QED) is 0.907. The fraction of sp³-hybridized carbons (Fsp3) is 0.250. The summed E-state index contributed by atoms with van der Waals surface area (Å²) in [5.74, 6) is 1.00. The van der Waals surface area contributed by atoms with Gasteiger partial charge >= 0.3 is 0 Å². The summed E-state index contributed by atoms with van der Waals surface area (Å²) in [6.07, 6.45) is 0.804. The van der Waals surface area contributed by atoms with Crippen molar-refractivity contribution in [2.45, 2.75) is 20.3 Å². The van der Waals surface area contributed by atoms with Gasteiger partial charge in [0.25, 0.3) is 0 Å². The van der Waals surface area contributed by atoms with Crippen LogP contribution in [0.5, 0.6) is 11.5 Å². The Morgan fingerprint density at radius 1 is 1.00 bits per heavy atom. The van der Waals surface area contributed by atoms with E-state index in [1.54, 1.807) is 6.07 Å². The second-order valence-corrected chi connectivity index (χ2v) is 4.65. The first-order valence-electron chi connectivity index (χ1n) is 6.34. The minimum atomic E-state index is -0.295. The summed E-state index contributed by atoms with van der Waals surface area (Å²) in [6.45, 7) is 4.46. The molecule has 0 amide bonds. The van der Waals surface area contributed by atoms with E-state index in [0.717, 1.165) is 28.9 Å². The lowest BCUT2D eigenvalue weighted by Gasteiger charge is -2.12. The maximum absolute atomic E-state index is 13.3. The Labute approximate surface area is 113 Å². The highest BCUT2D eigenvalue weighted by Crippen LogP contribution is 2.29. The van der Waals surface area contributed by atoms with Gasteiger partial charge in [-0.1, -0.05) is 18.2 Å². The van der Waals surface area contributed by atoms with Gasteiger partial charge in [-0.25, -0.2) is 4.39 Å². The van der Waals surface area contributed by atoms with E-state index >= 15 is 0 Å². The Kier molecular flexibility index (Phi) is 4.17. The van der Waals surface area contributed by atoms with Gasteiger partial charge in [0.15, 0.2) is 0 Å². The van der Waals surface area contributed by atoms with Crippen molar-refractivity contribution < 1.29 is 9.13 Å². The molecule has 2 aromatic rings. The zero-order chi connectivity index (χ0) is 13.8. The lowest BCUT2D eigenvalue weighted by molar-refractivity contribution is 0.469. The zero-order valence-corrected chi connectivity index (χ0v) is 11.2. The second kappa shape index (κ2) is 5.85. The molecule has 100 valence electrons. The van der Waals surface area contributed by atoms with Crippen molar-refractivity contribution >= 4 is 0 Å². The molecule has 2 N–H and O–H groups in total. The molecule has 0 atom stereocenters. The molecular formula is C16H18FNO. The molecule has 19 heavy (non-hydrogen) atoms. The summed E-state index contributed by atoms with van der Waals surface area (Å²) in [7, 11) is 0. The molecule has 0 saturated carbocycles. The number of hydrogen-bond donors (Lipinski definition) is 1. The highest BCUT2D eigenvalue weighted by molar-refractivity contribution is 5.42. The van der Waals surface area contributed by atoms with Crippen LogP contribution < -0.4 is 10.5 Å². The van der Waals surface area contributed by atoms with Crippen LogP contribution in [0.25, 0.3) is 0 Å². The molecule has 0 bridgehead atoms. The molecule has 0 heterocycles. The van der Waals surface area contributed by atoms with Crippen LogP contribution in [0, 0.1) is 19.7 Å². The molecule has 2 nitrogen and oxygen atoms in total. The van der Waals surface area contributed by atoms with Crippen LogP contribution in [0.1, 0.15) is 16.7 Å². The molecule has 0 aliphatic carbocycles. The summed E-state index contributed by atoms with van der Waals surface area (Å²) in [6, 6.07) is 10.5. The van der Waals surface area contributed by atoms with Crippen LogP contribution in [0.2, 0.25) is 0 Å². The molecule has 0 saturated heterocycles. The van der Waals surface area contributed by atoms with E-state index in [1.165, 1.54) is 12.1 Å². The van der Waals surface area contributed by atoms with Gasteiger partial charge in [-0.15, -0.1) is 0 Å². The van der Waals surface area contributed by atoms with E-state index < -0.39 is 0 Å². The summed E-state index contributed by atoms with van der Waals surface area (Å²) in [4.78, 5) is 0. The Hall–Kier alpha value is -1.87. The van der Waals surface area contributed by atoms with Crippen LogP contribution in [0.4, 0.5) is 4.39 Å². The third-order valence-electron chi connectivity index (χ3n) is 3.06. The number of ether oxygens (including phenoxy) is 1. The Bertz CT molecular complexity index is 581. The van der Waals surface area contributed by atoms with Gasteiger partial charge in [-0.3, -0.25) is 0 Å². The van der Waals surface area contributed by atoms with Gasteiger partial charge < -0.3 is 10.5 Å². The molecule has 2 aromatic carbocycles. The van der Waals surface area contributed by atoms with Crippen molar-refractivity contribution in [3.63, 3.8) is 0 Å². The maximum atomic E-state index is 13.3. The molecule has 0 fully saturated rings. The summed E-state index contributed by atoms with van der Waals surface area (Å²) < 4.78 is 19.1. The molecular weight excluding hydrogens is 241 g/mol. The first kappa shape index (κ1) is 13.6. The van der Waals surface area contributed by atoms with Gasteiger partial charge in [0.2, 0.25) is 0 Å². The topological polar surface area (TPSA) is 35.2 Å². The number of rotatable bonds is 4. The molecule has 0 aromatic heterocycles. The molecule has 0 spiro atoms. The fourth-order valence-electron chi connectivity index (χ4n) is 1.88. The van der Waals surface area contributed by atoms with E-state index in [9.17, 15) is 4.39 Å². The number of hydrogen-bond acceptors (Lipinski definition) is 2. The van der Waals surface area contributed by atoms with Gasteiger partial charge in [0, 0.05) is 6.07 Å². The molecule has 0 unspecified atom stereocenters. The molecule has 0 aliphatic rings. The van der Waals surface area contributed by atoms with Gasteiger partial charge in [-0.05, 0) is 55.6 Å². The van der Waals surface area contributed by atoms with Crippen LogP contribution in [-0.2, 0) is 6.42 Å². The largest absolute Gasteiger partial charge is 0.457 e. The normalized spacial score (nSPS) is 10.5. The van der Waals surface area contributed by atoms with Crippen LogP contribution in [-0.4, -0.2) is 6.54 Å². The average Bonchev–Trinajstić information content (AvgIpc) is 2.38. The predicted octanol–water partition coefficient (Wildman–Crippen LogP) is 3.74. The first-order chi connectivity index (χ1) is 9.10. The van der Waals surface area contributed by atoms with Crippen molar-refractivity contribution in [3.8, 4) is 11.5 Å². The lowest BCUT2D eigenvalue weighted by Crippen LogP contribution is -2.03. The van der Waals surface area contributed by atoms with Gasteiger partial charge in [-0.2, -0.15) is 0 Å². The number of nitrogens with two attached hydrogens (primary N) is 1. The van der Waals surface area contributed by atoms with Gasteiger partial charge in [0.05, 0.1) is 0 Å². The van der Waals surface area contributed by atoms with E-state index in [1.807, 2.05) is 32.0 Å². The lowest BCUT2D eigenvalue weighted by atomic mass is 10.1. The molecule has 0 aliphatic heterocycles. The molecule has 0 radical (unpaired) electrons. The zero-order valence-electron chi connectivity index (χ0n) is 11.2. The summed E-state index contributed by atoms with van der Waals surface area (Å²) >= 11 is 0. The Morgan fingerprint density at radius 3 is 2.32 bits per heavy atom. The van der Waals surface area contributed by atoms with Crippen LogP contribution in [0.3, 0.4) is 0 Å². The first-order valence-corrected chi connectivity index (χ1v) is 6.34. The second-order valence-electron chi connectivity index (χ2n) is 4.65. The smallest absolute Gasteiger partial charge is 0.133 e. The summed E-state index contributed by atoms with van der Waals surface area (Å²) in [5, 5.41) is 0. The minimum absolute atomic E-state index is 0.295. The monoisotopic (exact) mass is 259 g/mol. The van der Waals surface area contributed by atoms with Crippen LogP contribution >= 0.6 is 0 Å². The maximum Gasteiger partial charge on any atom is 0.133 e. The number of aryl methyl sites for hydroxylation is 2. The number of halogens is 1. The van der Waals surface area contributed by atoms with Crippen molar-refractivity contribution in [1.82, 2.24) is 0 Å². The number of benzene rings is 2. The van der Waals surface area contributed by atoms with Crippen molar-refractivity contribution in [3.05, 3.63) is 58.9 Å². The van der Waals surface area contributed by atoms with Crippen molar-refractivity contribution in [1.29, 1.82) is 0 Å². The minimum Gasteiger partial charge on any atom is -0.457 e. The van der Waals surface area contributed by atoms with Crippen molar-refractivity contribution in [2.75, 3.05) is 6.54 Å². The Morgan fingerprint density at radius 2 is 1.63 bits per heavy atom.